The van der Waals surface area contributed by atoms with Crippen LogP contribution in [0, 0.1) is 11.7 Å². The molecule has 0 heterocycles. The van der Waals surface area contributed by atoms with E-state index in [1.807, 2.05) is 13.8 Å². The van der Waals surface area contributed by atoms with E-state index >= 15 is 0 Å². The topological polar surface area (TPSA) is 67.4 Å². The van der Waals surface area contributed by atoms with Gasteiger partial charge in [0.15, 0.2) is 11.6 Å². The summed E-state index contributed by atoms with van der Waals surface area (Å²) in [6.45, 7) is 3.62. The van der Waals surface area contributed by atoms with Crippen molar-refractivity contribution in [2.45, 2.75) is 13.8 Å². The Balaban J connectivity index is 1.95. The summed E-state index contributed by atoms with van der Waals surface area (Å²) < 4.78 is 18.5. The number of methoxy groups -OCH3 is 1. The number of anilines is 2. The zero-order chi connectivity index (χ0) is 19.1. The van der Waals surface area contributed by atoms with E-state index in [-0.39, 0.29) is 23.5 Å². The molecule has 0 fully saturated rings. The summed E-state index contributed by atoms with van der Waals surface area (Å²) >= 11 is 0. The van der Waals surface area contributed by atoms with Gasteiger partial charge in [0.1, 0.15) is 0 Å². The van der Waals surface area contributed by atoms with Gasteiger partial charge >= 0.3 is 0 Å². The summed E-state index contributed by atoms with van der Waals surface area (Å²) in [6, 6.07) is 11.2. The summed E-state index contributed by atoms with van der Waals surface area (Å²) in [6.07, 6.45) is 2.82. The van der Waals surface area contributed by atoms with Crippen molar-refractivity contribution in [1.82, 2.24) is 0 Å². The van der Waals surface area contributed by atoms with Crippen LogP contribution in [0.2, 0.25) is 0 Å². The first-order valence-corrected chi connectivity index (χ1v) is 8.12. The molecule has 2 N–H and O–H groups in total. The van der Waals surface area contributed by atoms with E-state index < -0.39 is 5.82 Å². The minimum Gasteiger partial charge on any atom is -0.494 e. The number of amides is 2. The molecule has 0 aliphatic carbocycles. The first-order valence-electron chi connectivity index (χ1n) is 8.12. The lowest BCUT2D eigenvalue weighted by Crippen LogP contribution is -2.17. The summed E-state index contributed by atoms with van der Waals surface area (Å²) in [4.78, 5) is 23.6. The minimum atomic E-state index is -0.492. The average Bonchev–Trinajstić information content (AvgIpc) is 2.61. The number of nitrogens with one attached hydrogen (secondary N) is 2. The van der Waals surface area contributed by atoms with Gasteiger partial charge in [0, 0.05) is 23.4 Å². The van der Waals surface area contributed by atoms with Crippen molar-refractivity contribution >= 4 is 29.3 Å². The number of halogens is 1. The second-order valence-corrected chi connectivity index (χ2v) is 5.94. The maximum absolute atomic E-state index is 13.6. The van der Waals surface area contributed by atoms with Crippen LogP contribution >= 0.6 is 0 Å². The van der Waals surface area contributed by atoms with E-state index in [1.54, 1.807) is 30.3 Å². The molecule has 6 heteroatoms. The van der Waals surface area contributed by atoms with E-state index in [9.17, 15) is 14.0 Å². The number of hydrogen-bond acceptors (Lipinski definition) is 3. The van der Waals surface area contributed by atoms with Crippen LogP contribution in [0.3, 0.4) is 0 Å². The second-order valence-electron chi connectivity index (χ2n) is 5.94. The monoisotopic (exact) mass is 356 g/mol. The molecule has 136 valence electrons. The van der Waals surface area contributed by atoms with E-state index in [4.69, 9.17) is 4.74 Å². The maximum atomic E-state index is 13.6. The molecule has 0 spiro atoms. The fourth-order valence-corrected chi connectivity index (χ4v) is 2.07. The fourth-order valence-electron chi connectivity index (χ4n) is 2.07. The number of carbonyl (C=O) groups is 2. The second kappa shape index (κ2) is 8.80. The average molecular weight is 356 g/mol. The predicted molar refractivity (Wildman–Crippen MR) is 101 cm³/mol. The van der Waals surface area contributed by atoms with Crippen LogP contribution in [0.1, 0.15) is 19.4 Å². The molecule has 0 saturated heterocycles. The molecule has 2 aromatic rings. The van der Waals surface area contributed by atoms with Crippen molar-refractivity contribution in [3.8, 4) is 5.75 Å². The molecule has 5 nitrogen and oxygen atoms in total. The van der Waals surface area contributed by atoms with Crippen molar-refractivity contribution in [1.29, 1.82) is 0 Å². The summed E-state index contributed by atoms with van der Waals surface area (Å²) in [5, 5.41) is 5.47. The molecule has 0 atom stereocenters. The molecule has 0 unspecified atom stereocenters. The Bertz CT molecular complexity index is 814. The SMILES string of the molecule is COc1ccc(/C=C/C(=O)Nc2ccc(NC(=O)C(C)C)cc2)cc1F. The lowest BCUT2D eigenvalue weighted by Gasteiger charge is -2.08. The van der Waals surface area contributed by atoms with Gasteiger partial charge in [0.25, 0.3) is 0 Å². The van der Waals surface area contributed by atoms with Crippen molar-refractivity contribution in [3.63, 3.8) is 0 Å². The van der Waals surface area contributed by atoms with E-state index in [2.05, 4.69) is 10.6 Å². The Morgan fingerprint density at radius 2 is 1.65 bits per heavy atom. The van der Waals surface area contributed by atoms with Crippen LogP contribution in [0.25, 0.3) is 6.08 Å². The number of rotatable bonds is 6. The van der Waals surface area contributed by atoms with Crippen molar-refractivity contribution in [2.24, 2.45) is 5.92 Å². The molecule has 0 aromatic heterocycles. The standard InChI is InChI=1S/C20H21FN2O3/c1-13(2)20(25)23-16-8-6-15(7-9-16)22-19(24)11-5-14-4-10-18(26-3)17(21)12-14/h4-13H,1-3H3,(H,22,24)(H,23,25)/b11-5+. The zero-order valence-electron chi connectivity index (χ0n) is 14.9. The van der Waals surface area contributed by atoms with E-state index in [1.165, 1.54) is 31.4 Å². The van der Waals surface area contributed by atoms with Crippen LogP contribution in [0.15, 0.2) is 48.5 Å². The summed E-state index contributed by atoms with van der Waals surface area (Å²) in [7, 11) is 1.39. The van der Waals surface area contributed by atoms with E-state index in [0.29, 0.717) is 16.9 Å². The molecule has 2 aromatic carbocycles. The van der Waals surface area contributed by atoms with Gasteiger partial charge in [-0.2, -0.15) is 0 Å². The first kappa shape index (κ1) is 19.2. The van der Waals surface area contributed by atoms with Crippen LogP contribution in [-0.2, 0) is 9.59 Å². The largest absolute Gasteiger partial charge is 0.494 e. The Labute approximate surface area is 151 Å². The third-order valence-corrected chi connectivity index (χ3v) is 3.55. The van der Waals surface area contributed by atoms with Gasteiger partial charge in [0.2, 0.25) is 11.8 Å². The number of carbonyl (C=O) groups excluding carboxylic acids is 2. The molecular weight excluding hydrogens is 335 g/mol. The summed E-state index contributed by atoms with van der Waals surface area (Å²) in [5.41, 5.74) is 1.79. The highest BCUT2D eigenvalue weighted by molar-refractivity contribution is 6.02. The molecule has 0 bridgehead atoms. The molecule has 0 saturated carbocycles. The van der Waals surface area contributed by atoms with Crippen LogP contribution in [-0.4, -0.2) is 18.9 Å². The Morgan fingerprint density at radius 3 is 2.19 bits per heavy atom. The third kappa shape index (κ3) is 5.44. The van der Waals surface area contributed by atoms with Gasteiger partial charge < -0.3 is 15.4 Å². The molecule has 0 aliphatic rings. The first-order chi connectivity index (χ1) is 12.4. The molecule has 2 rings (SSSR count). The van der Waals surface area contributed by atoms with Gasteiger partial charge in [-0.3, -0.25) is 9.59 Å². The Kier molecular flexibility index (Phi) is 6.49. The van der Waals surface area contributed by atoms with Crippen LogP contribution < -0.4 is 15.4 Å². The Hall–Kier alpha value is -3.15. The third-order valence-electron chi connectivity index (χ3n) is 3.55. The quantitative estimate of drug-likeness (QED) is 0.767. The molecule has 0 radical (unpaired) electrons. The number of ether oxygens (including phenoxy) is 1. The molecule has 2 amide bonds. The van der Waals surface area contributed by atoms with Gasteiger partial charge in [-0.15, -0.1) is 0 Å². The molecule has 26 heavy (non-hydrogen) atoms. The van der Waals surface area contributed by atoms with Crippen LogP contribution in [0.5, 0.6) is 5.75 Å². The zero-order valence-corrected chi connectivity index (χ0v) is 14.9. The summed E-state index contributed by atoms with van der Waals surface area (Å²) in [5.74, 6) is -0.871. The molecule has 0 aliphatic heterocycles. The van der Waals surface area contributed by atoms with Gasteiger partial charge in [-0.05, 0) is 48.0 Å². The number of benzene rings is 2. The van der Waals surface area contributed by atoms with Gasteiger partial charge in [-0.25, -0.2) is 4.39 Å². The highest BCUT2D eigenvalue weighted by atomic mass is 19.1. The highest BCUT2D eigenvalue weighted by Gasteiger charge is 2.07. The van der Waals surface area contributed by atoms with Crippen molar-refractivity contribution in [2.75, 3.05) is 17.7 Å². The fraction of sp³-hybridized carbons (Fsp3) is 0.200. The van der Waals surface area contributed by atoms with Crippen LogP contribution in [0.4, 0.5) is 15.8 Å². The van der Waals surface area contributed by atoms with Gasteiger partial charge in [-0.1, -0.05) is 19.9 Å². The smallest absolute Gasteiger partial charge is 0.248 e. The maximum Gasteiger partial charge on any atom is 0.248 e. The predicted octanol–water partition coefficient (Wildman–Crippen LogP) is 4.08. The molecular formula is C20H21FN2O3. The van der Waals surface area contributed by atoms with Gasteiger partial charge in [0.05, 0.1) is 7.11 Å². The lowest BCUT2D eigenvalue weighted by molar-refractivity contribution is -0.119. The van der Waals surface area contributed by atoms with Crippen molar-refractivity contribution in [3.05, 3.63) is 59.9 Å². The van der Waals surface area contributed by atoms with E-state index in [0.717, 1.165) is 0 Å². The normalized spacial score (nSPS) is 10.8. The highest BCUT2D eigenvalue weighted by Crippen LogP contribution is 2.18. The lowest BCUT2D eigenvalue weighted by atomic mass is 10.2. The van der Waals surface area contributed by atoms with Crippen molar-refractivity contribution < 1.29 is 18.7 Å². The number of hydrogen-bond donors (Lipinski definition) is 2. The Morgan fingerprint density at radius 1 is 1.04 bits per heavy atom. The minimum absolute atomic E-state index is 0.0727.